The zero-order valence-corrected chi connectivity index (χ0v) is 11.1. The molecule has 0 spiro atoms. The molecule has 1 aliphatic rings. The van der Waals surface area contributed by atoms with E-state index in [2.05, 4.69) is 6.92 Å². The third-order valence-electron chi connectivity index (χ3n) is 3.18. The predicted octanol–water partition coefficient (Wildman–Crippen LogP) is 2.85. The summed E-state index contributed by atoms with van der Waals surface area (Å²) in [7, 11) is -2.91. The van der Waals surface area contributed by atoms with E-state index in [4.69, 9.17) is 11.6 Å². The number of sulfone groups is 1. The van der Waals surface area contributed by atoms with Crippen LogP contribution >= 0.6 is 11.6 Å². The van der Waals surface area contributed by atoms with E-state index in [1.807, 2.05) is 6.92 Å². The van der Waals surface area contributed by atoms with Crippen molar-refractivity contribution in [3.05, 3.63) is 0 Å². The van der Waals surface area contributed by atoms with Crippen molar-refractivity contribution in [2.75, 3.05) is 11.6 Å². The molecule has 3 atom stereocenters. The number of hydrogen-bond acceptors (Lipinski definition) is 2. The van der Waals surface area contributed by atoms with Gasteiger partial charge in [-0.05, 0) is 24.7 Å². The van der Waals surface area contributed by atoms with Gasteiger partial charge in [0, 0.05) is 5.88 Å². The van der Waals surface area contributed by atoms with Crippen molar-refractivity contribution in [3.8, 4) is 0 Å². The molecule has 0 aromatic carbocycles. The fourth-order valence-electron chi connectivity index (χ4n) is 2.28. The molecule has 1 aliphatic carbocycles. The Kier molecular flexibility index (Phi) is 4.91. The minimum Gasteiger partial charge on any atom is -0.229 e. The van der Waals surface area contributed by atoms with E-state index in [1.54, 1.807) is 0 Å². The van der Waals surface area contributed by atoms with Crippen molar-refractivity contribution < 1.29 is 8.42 Å². The average Bonchev–Trinajstić information content (AvgIpc) is 2.17. The van der Waals surface area contributed by atoms with Gasteiger partial charge in [0.2, 0.25) is 0 Å². The van der Waals surface area contributed by atoms with Gasteiger partial charge in [0.1, 0.15) is 0 Å². The number of hydrogen-bond donors (Lipinski definition) is 0. The van der Waals surface area contributed by atoms with Crippen LogP contribution in [0.4, 0.5) is 0 Å². The third kappa shape index (κ3) is 3.95. The van der Waals surface area contributed by atoms with E-state index in [0.29, 0.717) is 11.8 Å². The van der Waals surface area contributed by atoms with Gasteiger partial charge in [0.05, 0.1) is 11.0 Å². The maximum atomic E-state index is 12.0. The summed E-state index contributed by atoms with van der Waals surface area (Å²) in [5.41, 5.74) is 0. The minimum absolute atomic E-state index is 0.0777. The number of alkyl halides is 1. The van der Waals surface area contributed by atoms with Gasteiger partial charge in [0.15, 0.2) is 9.84 Å². The molecule has 0 aromatic heterocycles. The molecule has 0 aliphatic heterocycles. The highest BCUT2D eigenvalue weighted by Crippen LogP contribution is 2.29. The number of rotatable bonds is 4. The fraction of sp³-hybridized carbons (Fsp3) is 1.00. The van der Waals surface area contributed by atoms with Crippen LogP contribution in [0.2, 0.25) is 0 Å². The van der Waals surface area contributed by atoms with E-state index >= 15 is 0 Å². The zero-order valence-electron chi connectivity index (χ0n) is 9.58. The van der Waals surface area contributed by atoms with Crippen molar-refractivity contribution in [2.24, 2.45) is 11.8 Å². The minimum atomic E-state index is -2.91. The van der Waals surface area contributed by atoms with Gasteiger partial charge < -0.3 is 0 Å². The molecule has 4 heteroatoms. The molecule has 1 fully saturated rings. The van der Waals surface area contributed by atoms with Gasteiger partial charge in [-0.1, -0.05) is 26.7 Å². The summed E-state index contributed by atoms with van der Waals surface area (Å²) < 4.78 is 24.1. The summed E-state index contributed by atoms with van der Waals surface area (Å²) in [4.78, 5) is 0. The van der Waals surface area contributed by atoms with Crippen LogP contribution in [0.5, 0.6) is 0 Å². The Labute approximate surface area is 98.3 Å². The van der Waals surface area contributed by atoms with Gasteiger partial charge in [0.25, 0.3) is 0 Å². The number of halogens is 1. The van der Waals surface area contributed by atoms with Gasteiger partial charge in [-0.2, -0.15) is 0 Å². The molecule has 15 heavy (non-hydrogen) atoms. The topological polar surface area (TPSA) is 34.1 Å². The summed E-state index contributed by atoms with van der Waals surface area (Å²) in [5.74, 6) is 1.33. The molecule has 0 heterocycles. The normalized spacial score (nSPS) is 30.1. The highest BCUT2D eigenvalue weighted by molar-refractivity contribution is 7.92. The largest absolute Gasteiger partial charge is 0.229 e. The Balaban J connectivity index is 2.60. The second-order valence-electron chi connectivity index (χ2n) is 4.98. The smallest absolute Gasteiger partial charge is 0.153 e. The third-order valence-corrected chi connectivity index (χ3v) is 6.18. The summed E-state index contributed by atoms with van der Waals surface area (Å²) in [6.45, 7) is 4.05. The molecule has 90 valence electrons. The van der Waals surface area contributed by atoms with E-state index in [0.717, 1.165) is 19.3 Å². The van der Waals surface area contributed by atoms with Crippen LogP contribution in [-0.4, -0.2) is 25.3 Å². The fourth-order valence-corrected chi connectivity index (χ4v) is 4.85. The lowest BCUT2D eigenvalue weighted by Gasteiger charge is -2.27. The lowest BCUT2D eigenvalue weighted by atomic mass is 9.91. The van der Waals surface area contributed by atoms with Crippen LogP contribution in [0.15, 0.2) is 0 Å². The van der Waals surface area contributed by atoms with Crippen LogP contribution in [0.25, 0.3) is 0 Å². The molecule has 0 amide bonds. The van der Waals surface area contributed by atoms with Gasteiger partial charge >= 0.3 is 0 Å². The van der Waals surface area contributed by atoms with Crippen LogP contribution in [-0.2, 0) is 9.84 Å². The predicted molar refractivity (Wildman–Crippen MR) is 65.1 cm³/mol. The van der Waals surface area contributed by atoms with Crippen molar-refractivity contribution >= 4 is 21.4 Å². The first-order chi connectivity index (χ1) is 6.95. The molecule has 0 radical (unpaired) electrons. The highest BCUT2D eigenvalue weighted by Gasteiger charge is 2.30. The van der Waals surface area contributed by atoms with Crippen molar-refractivity contribution in [1.29, 1.82) is 0 Å². The SMILES string of the molecule is CC1CCCC(S(=O)(=O)CC(C)CCl)C1. The van der Waals surface area contributed by atoms with Crippen molar-refractivity contribution in [3.63, 3.8) is 0 Å². The standard InChI is InChI=1S/C11H21ClO2S/c1-9-4-3-5-11(6-9)15(13,14)8-10(2)7-12/h9-11H,3-8H2,1-2H3. The Hall–Kier alpha value is 0.240. The summed E-state index contributed by atoms with van der Waals surface area (Å²) in [6.07, 6.45) is 3.93. The molecule has 1 saturated carbocycles. The quantitative estimate of drug-likeness (QED) is 0.721. The first-order valence-corrected chi connectivity index (χ1v) is 7.98. The summed E-state index contributed by atoms with van der Waals surface area (Å²) >= 11 is 5.66. The Morgan fingerprint density at radius 2 is 2.07 bits per heavy atom. The molecule has 0 aromatic rings. The van der Waals surface area contributed by atoms with Crippen LogP contribution in [0.3, 0.4) is 0 Å². The van der Waals surface area contributed by atoms with Gasteiger partial charge in [-0.3, -0.25) is 0 Å². The molecule has 0 bridgehead atoms. The lowest BCUT2D eigenvalue weighted by molar-refractivity contribution is 0.381. The van der Waals surface area contributed by atoms with Crippen molar-refractivity contribution in [2.45, 2.75) is 44.8 Å². The maximum Gasteiger partial charge on any atom is 0.153 e. The van der Waals surface area contributed by atoms with E-state index in [1.165, 1.54) is 6.42 Å². The van der Waals surface area contributed by atoms with Crippen LogP contribution in [0, 0.1) is 11.8 Å². The summed E-state index contributed by atoms with van der Waals surface area (Å²) in [6, 6.07) is 0. The second kappa shape index (κ2) is 5.53. The Morgan fingerprint density at radius 3 is 2.60 bits per heavy atom. The maximum absolute atomic E-state index is 12.0. The first-order valence-electron chi connectivity index (χ1n) is 5.73. The van der Waals surface area contributed by atoms with E-state index < -0.39 is 9.84 Å². The highest BCUT2D eigenvalue weighted by atomic mass is 35.5. The van der Waals surface area contributed by atoms with Gasteiger partial charge in [-0.25, -0.2) is 8.42 Å². The van der Waals surface area contributed by atoms with E-state index in [-0.39, 0.29) is 16.9 Å². The molecule has 0 N–H and O–H groups in total. The van der Waals surface area contributed by atoms with Crippen molar-refractivity contribution in [1.82, 2.24) is 0 Å². The Bertz CT molecular complexity index is 287. The monoisotopic (exact) mass is 252 g/mol. The molecular weight excluding hydrogens is 232 g/mol. The van der Waals surface area contributed by atoms with Crippen LogP contribution < -0.4 is 0 Å². The van der Waals surface area contributed by atoms with Gasteiger partial charge in [-0.15, -0.1) is 11.6 Å². The molecule has 0 saturated heterocycles. The lowest BCUT2D eigenvalue weighted by Crippen LogP contribution is -2.31. The average molecular weight is 253 g/mol. The summed E-state index contributed by atoms with van der Waals surface area (Å²) in [5, 5.41) is -0.105. The first kappa shape index (κ1) is 13.3. The zero-order chi connectivity index (χ0) is 11.5. The van der Waals surface area contributed by atoms with E-state index in [9.17, 15) is 8.42 Å². The molecular formula is C11H21ClO2S. The Morgan fingerprint density at radius 1 is 1.40 bits per heavy atom. The second-order valence-corrected chi connectivity index (χ2v) is 7.62. The van der Waals surface area contributed by atoms with Crippen LogP contribution in [0.1, 0.15) is 39.5 Å². The molecule has 2 nitrogen and oxygen atoms in total. The molecule has 3 unspecified atom stereocenters. The molecule has 1 rings (SSSR count).